The number of hydrogen-bond donors (Lipinski definition) is 0. The molecule has 0 aliphatic carbocycles. The van der Waals surface area contributed by atoms with Crippen LogP contribution in [0.15, 0.2) is 23.2 Å². The standard InChI is InChI=1S/C13H16N2OS/c1-4-9-7-6-8-10-12(9)15(3)13(17-10)14-11(16)5-2/h6-8H,4-5H2,1-3H3. The number of rotatable bonds is 2. The van der Waals surface area contributed by atoms with E-state index < -0.39 is 0 Å². The summed E-state index contributed by atoms with van der Waals surface area (Å²) in [5.41, 5.74) is 2.49. The average molecular weight is 248 g/mol. The minimum absolute atomic E-state index is 0.0646. The van der Waals surface area contributed by atoms with E-state index in [1.807, 2.05) is 18.5 Å². The van der Waals surface area contributed by atoms with Gasteiger partial charge in [-0.1, -0.05) is 37.3 Å². The van der Waals surface area contributed by atoms with Gasteiger partial charge in [0.15, 0.2) is 4.80 Å². The molecule has 0 radical (unpaired) electrons. The number of thiazole rings is 1. The number of nitrogens with zero attached hydrogens (tertiary/aromatic N) is 2. The summed E-state index contributed by atoms with van der Waals surface area (Å²) in [6.07, 6.45) is 1.44. The van der Waals surface area contributed by atoms with E-state index in [4.69, 9.17) is 0 Å². The number of amides is 1. The third-order valence-corrected chi connectivity index (χ3v) is 3.91. The molecule has 0 N–H and O–H groups in total. The second-order valence-electron chi connectivity index (χ2n) is 3.92. The summed E-state index contributed by atoms with van der Waals surface area (Å²) in [4.78, 5) is 16.3. The number of benzene rings is 1. The van der Waals surface area contributed by atoms with E-state index in [0.717, 1.165) is 11.2 Å². The van der Waals surface area contributed by atoms with Crippen LogP contribution in [0.1, 0.15) is 25.8 Å². The van der Waals surface area contributed by atoms with Gasteiger partial charge in [0.2, 0.25) is 5.91 Å². The Kier molecular flexibility index (Phi) is 3.43. The lowest BCUT2D eigenvalue weighted by Gasteiger charge is -2.01. The average Bonchev–Trinajstić information content (AvgIpc) is 2.66. The maximum Gasteiger partial charge on any atom is 0.248 e. The summed E-state index contributed by atoms with van der Waals surface area (Å²) < 4.78 is 3.21. The smallest absolute Gasteiger partial charge is 0.248 e. The molecule has 1 heterocycles. The van der Waals surface area contributed by atoms with Gasteiger partial charge in [0.25, 0.3) is 0 Å². The van der Waals surface area contributed by atoms with Crippen LogP contribution >= 0.6 is 11.3 Å². The summed E-state index contributed by atoms with van der Waals surface area (Å²) in [6, 6.07) is 6.26. The number of carbonyl (C=O) groups excluding carboxylic acids is 1. The monoisotopic (exact) mass is 248 g/mol. The van der Waals surface area contributed by atoms with Crippen LogP contribution < -0.4 is 4.80 Å². The van der Waals surface area contributed by atoms with Gasteiger partial charge in [-0.2, -0.15) is 4.99 Å². The highest BCUT2D eigenvalue weighted by atomic mass is 32.1. The van der Waals surface area contributed by atoms with Crippen LogP contribution in [0.4, 0.5) is 0 Å². The normalized spacial score (nSPS) is 12.3. The molecule has 2 aromatic rings. The van der Waals surface area contributed by atoms with Gasteiger partial charge in [-0.3, -0.25) is 4.79 Å². The van der Waals surface area contributed by atoms with Crippen molar-refractivity contribution in [3.05, 3.63) is 28.6 Å². The van der Waals surface area contributed by atoms with E-state index in [9.17, 15) is 4.79 Å². The molecule has 0 spiro atoms. The van der Waals surface area contributed by atoms with Gasteiger partial charge >= 0.3 is 0 Å². The molecule has 2 rings (SSSR count). The fraction of sp³-hybridized carbons (Fsp3) is 0.385. The lowest BCUT2D eigenvalue weighted by molar-refractivity contribution is -0.117. The largest absolute Gasteiger partial charge is 0.319 e. The van der Waals surface area contributed by atoms with E-state index >= 15 is 0 Å². The third-order valence-electron chi connectivity index (χ3n) is 2.81. The molecule has 0 unspecified atom stereocenters. The predicted octanol–water partition coefficient (Wildman–Crippen LogP) is 2.64. The maximum absolute atomic E-state index is 11.4. The highest BCUT2D eigenvalue weighted by Gasteiger charge is 2.07. The van der Waals surface area contributed by atoms with Gasteiger partial charge in [0.05, 0.1) is 10.2 Å². The van der Waals surface area contributed by atoms with Gasteiger partial charge in [-0.05, 0) is 18.1 Å². The van der Waals surface area contributed by atoms with Crippen LogP contribution in [-0.2, 0) is 18.3 Å². The van der Waals surface area contributed by atoms with Gasteiger partial charge < -0.3 is 4.57 Å². The molecule has 0 bridgehead atoms. The maximum atomic E-state index is 11.4. The Balaban J connectivity index is 2.73. The van der Waals surface area contributed by atoms with Crippen molar-refractivity contribution in [3.8, 4) is 0 Å². The first-order chi connectivity index (χ1) is 8.17. The summed E-state index contributed by atoms with van der Waals surface area (Å²) in [5, 5.41) is 0. The summed E-state index contributed by atoms with van der Waals surface area (Å²) >= 11 is 1.57. The predicted molar refractivity (Wildman–Crippen MR) is 71.0 cm³/mol. The van der Waals surface area contributed by atoms with E-state index in [1.54, 1.807) is 11.3 Å². The van der Waals surface area contributed by atoms with Crippen LogP contribution in [0.3, 0.4) is 0 Å². The molecule has 0 aliphatic heterocycles. The lowest BCUT2D eigenvalue weighted by atomic mass is 10.1. The van der Waals surface area contributed by atoms with Crippen molar-refractivity contribution in [1.29, 1.82) is 0 Å². The van der Waals surface area contributed by atoms with Gasteiger partial charge in [0, 0.05) is 13.5 Å². The number of para-hydroxylation sites is 1. The SMILES string of the molecule is CCC(=O)N=c1sc2cccc(CC)c2n1C. The number of aryl methyl sites for hydroxylation is 2. The zero-order chi connectivity index (χ0) is 12.4. The Bertz CT molecular complexity index is 622. The zero-order valence-corrected chi connectivity index (χ0v) is 11.2. The molecule has 1 aromatic carbocycles. The summed E-state index contributed by atoms with van der Waals surface area (Å²) in [5.74, 6) is -0.0646. The molecule has 0 saturated heterocycles. The lowest BCUT2D eigenvalue weighted by Crippen LogP contribution is -2.13. The summed E-state index contributed by atoms with van der Waals surface area (Å²) in [6.45, 7) is 3.97. The highest BCUT2D eigenvalue weighted by Crippen LogP contribution is 2.20. The van der Waals surface area contributed by atoms with Crippen molar-refractivity contribution in [2.45, 2.75) is 26.7 Å². The fourth-order valence-electron chi connectivity index (χ4n) is 1.86. The minimum atomic E-state index is -0.0646. The van der Waals surface area contributed by atoms with E-state index in [2.05, 4.69) is 30.1 Å². The van der Waals surface area contributed by atoms with E-state index in [1.165, 1.54) is 15.8 Å². The van der Waals surface area contributed by atoms with E-state index in [0.29, 0.717) is 6.42 Å². The topological polar surface area (TPSA) is 34.4 Å². The molecule has 1 amide bonds. The number of carbonyl (C=O) groups is 1. The Labute approximate surface area is 104 Å². The first kappa shape index (κ1) is 12.0. The zero-order valence-electron chi connectivity index (χ0n) is 10.4. The molecule has 0 saturated carbocycles. The number of fused-ring (bicyclic) bond motifs is 1. The van der Waals surface area contributed by atoms with Crippen LogP contribution in [0.2, 0.25) is 0 Å². The molecular formula is C13H16N2OS. The van der Waals surface area contributed by atoms with Crippen molar-refractivity contribution in [3.63, 3.8) is 0 Å². The molecule has 0 aliphatic rings. The summed E-state index contributed by atoms with van der Waals surface area (Å²) in [7, 11) is 1.97. The van der Waals surface area contributed by atoms with Crippen molar-refractivity contribution >= 4 is 27.5 Å². The molecule has 4 heteroatoms. The van der Waals surface area contributed by atoms with Crippen molar-refractivity contribution in [1.82, 2.24) is 4.57 Å². The van der Waals surface area contributed by atoms with Crippen molar-refractivity contribution in [2.75, 3.05) is 0 Å². The van der Waals surface area contributed by atoms with Crippen molar-refractivity contribution in [2.24, 2.45) is 12.0 Å². The Morgan fingerprint density at radius 3 is 2.82 bits per heavy atom. The minimum Gasteiger partial charge on any atom is -0.319 e. The Morgan fingerprint density at radius 1 is 1.41 bits per heavy atom. The van der Waals surface area contributed by atoms with Gasteiger partial charge in [-0.25, -0.2) is 0 Å². The van der Waals surface area contributed by atoms with Crippen LogP contribution in [0.5, 0.6) is 0 Å². The second kappa shape index (κ2) is 4.84. The molecule has 0 fully saturated rings. The van der Waals surface area contributed by atoms with Gasteiger partial charge in [-0.15, -0.1) is 0 Å². The van der Waals surface area contributed by atoms with Crippen LogP contribution in [0.25, 0.3) is 10.2 Å². The van der Waals surface area contributed by atoms with Gasteiger partial charge in [0.1, 0.15) is 0 Å². The molecule has 90 valence electrons. The Morgan fingerprint density at radius 2 is 2.18 bits per heavy atom. The highest BCUT2D eigenvalue weighted by molar-refractivity contribution is 7.16. The number of hydrogen-bond acceptors (Lipinski definition) is 2. The molecule has 17 heavy (non-hydrogen) atoms. The molecule has 0 atom stereocenters. The van der Waals surface area contributed by atoms with Crippen molar-refractivity contribution < 1.29 is 4.79 Å². The van der Waals surface area contributed by atoms with E-state index in [-0.39, 0.29) is 5.91 Å². The number of aromatic nitrogens is 1. The third kappa shape index (κ3) is 2.17. The molecular weight excluding hydrogens is 232 g/mol. The first-order valence-corrected chi connectivity index (χ1v) is 6.64. The molecule has 1 aromatic heterocycles. The second-order valence-corrected chi connectivity index (χ2v) is 4.93. The fourth-order valence-corrected chi connectivity index (χ4v) is 2.95. The Hall–Kier alpha value is -1.42. The molecule has 3 nitrogen and oxygen atoms in total. The van der Waals surface area contributed by atoms with Crippen LogP contribution in [-0.4, -0.2) is 10.5 Å². The first-order valence-electron chi connectivity index (χ1n) is 5.82. The quantitative estimate of drug-likeness (QED) is 0.804. The van der Waals surface area contributed by atoms with Crippen LogP contribution in [0, 0.1) is 0 Å².